The van der Waals surface area contributed by atoms with Gasteiger partial charge in [0.25, 0.3) is 0 Å². The van der Waals surface area contributed by atoms with E-state index >= 15 is 0 Å². The monoisotopic (exact) mass is 327 g/mol. The summed E-state index contributed by atoms with van der Waals surface area (Å²) in [6.07, 6.45) is 4.83. The zero-order valence-electron chi connectivity index (χ0n) is 14.4. The number of hydrogen-bond donors (Lipinski definition) is 1. The zero-order valence-corrected chi connectivity index (χ0v) is 14.4. The Morgan fingerprint density at radius 2 is 1.96 bits per heavy atom. The zero-order chi connectivity index (χ0) is 17.2. The van der Waals surface area contributed by atoms with Crippen LogP contribution in [-0.2, 0) is 11.3 Å². The molecule has 0 spiro atoms. The predicted octanol–water partition coefficient (Wildman–Crippen LogP) is 2.35. The van der Waals surface area contributed by atoms with E-state index in [0.29, 0.717) is 32.5 Å². The van der Waals surface area contributed by atoms with Crippen LogP contribution in [0.2, 0.25) is 0 Å². The first-order valence-electron chi connectivity index (χ1n) is 8.52. The van der Waals surface area contributed by atoms with E-state index in [4.69, 9.17) is 0 Å². The quantitative estimate of drug-likeness (QED) is 0.938. The van der Waals surface area contributed by atoms with Gasteiger partial charge in [-0.05, 0) is 32.3 Å². The van der Waals surface area contributed by atoms with E-state index in [0.717, 1.165) is 11.4 Å². The second kappa shape index (κ2) is 6.77. The van der Waals surface area contributed by atoms with Crippen LogP contribution in [0.15, 0.2) is 42.7 Å². The van der Waals surface area contributed by atoms with Crippen molar-refractivity contribution in [3.05, 3.63) is 54.1 Å². The predicted molar refractivity (Wildman–Crippen MR) is 92.6 cm³/mol. The van der Waals surface area contributed by atoms with Gasteiger partial charge in [0.2, 0.25) is 5.91 Å². The van der Waals surface area contributed by atoms with Gasteiger partial charge in [-0.1, -0.05) is 30.3 Å². The normalized spacial score (nSPS) is 18.4. The Bertz CT molecular complexity index is 688. The second-order valence-electron chi connectivity index (χ2n) is 6.78. The van der Waals surface area contributed by atoms with E-state index in [2.05, 4.69) is 4.98 Å². The lowest BCUT2D eigenvalue weighted by Gasteiger charge is -2.39. The van der Waals surface area contributed by atoms with E-state index in [1.54, 1.807) is 6.20 Å². The third-order valence-corrected chi connectivity index (χ3v) is 5.06. The molecule has 1 aliphatic heterocycles. The highest BCUT2D eigenvalue weighted by molar-refractivity contribution is 5.83. The van der Waals surface area contributed by atoms with Crippen molar-refractivity contribution in [1.82, 2.24) is 14.5 Å². The number of aryl methyl sites for hydroxylation is 1. The van der Waals surface area contributed by atoms with E-state index < -0.39 is 5.60 Å². The van der Waals surface area contributed by atoms with Gasteiger partial charge in [0, 0.05) is 25.5 Å². The van der Waals surface area contributed by atoms with Crippen molar-refractivity contribution in [2.45, 2.75) is 44.8 Å². The summed E-state index contributed by atoms with van der Waals surface area (Å²) in [6, 6.07) is 9.86. The highest BCUT2D eigenvalue weighted by Crippen LogP contribution is 2.27. The smallest absolute Gasteiger partial charge is 0.229 e. The molecule has 2 aromatic rings. The Balaban J connectivity index is 1.60. The minimum atomic E-state index is -0.766. The molecule has 1 aliphatic rings. The summed E-state index contributed by atoms with van der Waals surface area (Å²) in [5.41, 5.74) is 0.274. The molecule has 1 atom stereocenters. The minimum absolute atomic E-state index is 0.141. The maximum Gasteiger partial charge on any atom is 0.229 e. The number of piperidine rings is 1. The molecule has 0 saturated carbocycles. The lowest BCUT2D eigenvalue weighted by Crippen LogP contribution is -2.49. The fourth-order valence-corrected chi connectivity index (χ4v) is 3.35. The molecule has 1 N–H and O–H groups in total. The van der Waals surface area contributed by atoms with Crippen LogP contribution >= 0.6 is 0 Å². The van der Waals surface area contributed by atoms with Crippen LogP contribution in [0.1, 0.15) is 37.1 Å². The van der Waals surface area contributed by atoms with Crippen LogP contribution in [-0.4, -0.2) is 44.2 Å². The number of hydrogen-bond acceptors (Lipinski definition) is 3. The van der Waals surface area contributed by atoms with Crippen molar-refractivity contribution in [3.63, 3.8) is 0 Å². The third-order valence-electron chi connectivity index (χ3n) is 5.06. The van der Waals surface area contributed by atoms with Crippen molar-refractivity contribution in [3.8, 4) is 0 Å². The van der Waals surface area contributed by atoms with Crippen LogP contribution in [0, 0.1) is 6.92 Å². The molecular formula is C19H25N3O2. The molecule has 128 valence electrons. The molecule has 3 rings (SSSR count). The molecule has 1 aromatic heterocycles. The van der Waals surface area contributed by atoms with Gasteiger partial charge in [-0.25, -0.2) is 4.98 Å². The van der Waals surface area contributed by atoms with Crippen LogP contribution < -0.4 is 0 Å². The lowest BCUT2D eigenvalue weighted by atomic mass is 9.90. The van der Waals surface area contributed by atoms with Crippen LogP contribution in [0.3, 0.4) is 0 Å². The largest absolute Gasteiger partial charge is 0.388 e. The molecule has 0 radical (unpaired) electrons. The fraction of sp³-hybridized carbons (Fsp3) is 0.474. The minimum Gasteiger partial charge on any atom is -0.388 e. The van der Waals surface area contributed by atoms with E-state index in [1.807, 2.05) is 59.8 Å². The standard InChI is InChI=1S/C19H25N3O2/c1-15(17-6-4-3-5-7-17)18(23)21-11-8-19(24,9-12-21)14-22-13-10-20-16(22)2/h3-7,10,13,15,24H,8-9,11-12,14H2,1-2H3/t15-/m1/s1. The summed E-state index contributed by atoms with van der Waals surface area (Å²) in [6.45, 7) is 5.62. The molecule has 1 saturated heterocycles. The molecule has 5 heteroatoms. The van der Waals surface area contributed by atoms with E-state index in [-0.39, 0.29) is 11.8 Å². The maximum atomic E-state index is 12.7. The Hall–Kier alpha value is -2.14. The number of benzene rings is 1. The van der Waals surface area contributed by atoms with Gasteiger partial charge in [0.05, 0.1) is 18.1 Å². The molecule has 0 bridgehead atoms. The molecule has 1 fully saturated rings. The van der Waals surface area contributed by atoms with Gasteiger partial charge in [0.1, 0.15) is 5.82 Å². The van der Waals surface area contributed by atoms with Gasteiger partial charge in [0.15, 0.2) is 0 Å². The molecule has 0 unspecified atom stereocenters. The Morgan fingerprint density at radius 3 is 2.54 bits per heavy atom. The number of aliphatic hydroxyl groups is 1. The average Bonchev–Trinajstić information content (AvgIpc) is 2.99. The van der Waals surface area contributed by atoms with Crippen LogP contribution in [0.4, 0.5) is 0 Å². The van der Waals surface area contributed by atoms with Crippen LogP contribution in [0.25, 0.3) is 0 Å². The van der Waals surface area contributed by atoms with Gasteiger partial charge in [-0.2, -0.15) is 0 Å². The summed E-state index contributed by atoms with van der Waals surface area (Å²) < 4.78 is 1.98. The van der Waals surface area contributed by atoms with Gasteiger partial charge in [-0.15, -0.1) is 0 Å². The summed E-state index contributed by atoms with van der Waals surface area (Å²) in [4.78, 5) is 18.8. The molecule has 0 aliphatic carbocycles. The van der Waals surface area contributed by atoms with Crippen molar-refractivity contribution < 1.29 is 9.90 Å². The SMILES string of the molecule is Cc1nccn1CC1(O)CCN(C(=O)[C@H](C)c2ccccc2)CC1. The number of amides is 1. The van der Waals surface area contributed by atoms with E-state index in [9.17, 15) is 9.90 Å². The number of aromatic nitrogens is 2. The number of carbonyl (C=O) groups is 1. The van der Waals surface area contributed by atoms with Crippen molar-refractivity contribution >= 4 is 5.91 Å². The molecule has 1 amide bonds. The lowest BCUT2D eigenvalue weighted by molar-refractivity contribution is -0.137. The molecule has 5 nitrogen and oxygen atoms in total. The second-order valence-corrected chi connectivity index (χ2v) is 6.78. The highest BCUT2D eigenvalue weighted by atomic mass is 16.3. The average molecular weight is 327 g/mol. The molecule has 24 heavy (non-hydrogen) atoms. The number of imidazole rings is 1. The fourth-order valence-electron chi connectivity index (χ4n) is 3.35. The Labute approximate surface area is 142 Å². The summed E-state index contributed by atoms with van der Waals surface area (Å²) in [7, 11) is 0. The third kappa shape index (κ3) is 3.51. The first-order chi connectivity index (χ1) is 11.5. The van der Waals surface area contributed by atoms with Crippen molar-refractivity contribution in [2.24, 2.45) is 0 Å². The number of rotatable bonds is 4. The molecular weight excluding hydrogens is 302 g/mol. The molecule has 1 aromatic carbocycles. The number of likely N-dealkylation sites (tertiary alicyclic amines) is 1. The summed E-state index contributed by atoms with van der Waals surface area (Å²) in [5, 5.41) is 10.8. The summed E-state index contributed by atoms with van der Waals surface area (Å²) >= 11 is 0. The van der Waals surface area contributed by atoms with Gasteiger partial charge >= 0.3 is 0 Å². The molecule has 2 heterocycles. The number of nitrogens with zero attached hydrogens (tertiary/aromatic N) is 3. The van der Waals surface area contributed by atoms with Crippen molar-refractivity contribution in [1.29, 1.82) is 0 Å². The first-order valence-corrected chi connectivity index (χ1v) is 8.52. The summed E-state index contributed by atoms with van der Waals surface area (Å²) in [5.74, 6) is 0.898. The first kappa shape index (κ1) is 16.7. The van der Waals surface area contributed by atoms with E-state index in [1.165, 1.54) is 0 Å². The van der Waals surface area contributed by atoms with Crippen molar-refractivity contribution in [2.75, 3.05) is 13.1 Å². The van der Waals surface area contributed by atoms with Crippen LogP contribution in [0.5, 0.6) is 0 Å². The Morgan fingerprint density at radius 1 is 1.29 bits per heavy atom. The number of carbonyl (C=O) groups excluding carboxylic acids is 1. The topological polar surface area (TPSA) is 58.4 Å². The van der Waals surface area contributed by atoms with Gasteiger partial charge < -0.3 is 14.6 Å². The Kier molecular flexibility index (Phi) is 4.71. The van der Waals surface area contributed by atoms with Gasteiger partial charge in [-0.3, -0.25) is 4.79 Å². The highest BCUT2D eigenvalue weighted by Gasteiger charge is 2.35. The maximum absolute atomic E-state index is 12.7.